The van der Waals surface area contributed by atoms with Crippen LogP contribution in [-0.2, 0) is 4.79 Å². The van der Waals surface area contributed by atoms with Crippen LogP contribution < -0.4 is 5.32 Å². The van der Waals surface area contributed by atoms with E-state index in [1.165, 1.54) is 25.7 Å². The summed E-state index contributed by atoms with van der Waals surface area (Å²) in [6, 6.07) is 0. The molecule has 3 heteroatoms. The zero-order chi connectivity index (χ0) is 12.7. The molecule has 2 atom stereocenters. The molecule has 1 fully saturated rings. The molecule has 0 aromatic rings. The van der Waals surface area contributed by atoms with Crippen molar-refractivity contribution < 1.29 is 4.79 Å². The van der Waals surface area contributed by atoms with E-state index in [0.717, 1.165) is 31.3 Å². The number of rotatable bonds is 6. The fraction of sp³-hybridized carbons (Fsp3) is 0.929. The molecule has 0 saturated heterocycles. The third kappa shape index (κ3) is 6.06. The first kappa shape index (κ1) is 14.5. The molecule has 1 amide bonds. The second kappa shape index (κ2) is 7.70. The highest BCUT2D eigenvalue weighted by Crippen LogP contribution is 2.27. The Kier molecular flexibility index (Phi) is 6.56. The molecular weight excluding hydrogens is 212 g/mol. The molecule has 0 heterocycles. The van der Waals surface area contributed by atoms with E-state index in [4.69, 9.17) is 0 Å². The Labute approximate surface area is 106 Å². The molecule has 0 aliphatic heterocycles. The smallest absolute Gasteiger partial charge is 0.222 e. The number of amides is 1. The van der Waals surface area contributed by atoms with Crippen LogP contribution in [0.4, 0.5) is 0 Å². The van der Waals surface area contributed by atoms with Crippen LogP contribution in [0.3, 0.4) is 0 Å². The standard InChI is InChI=1S/C14H28N2O/c1-12-6-4-7-13(10-12)11-15-9-5-8-14(17)16(2)3/h12-13,15H,4-11H2,1-3H3. The first-order valence-corrected chi connectivity index (χ1v) is 7.00. The first-order valence-electron chi connectivity index (χ1n) is 7.00. The molecule has 2 unspecified atom stereocenters. The lowest BCUT2D eigenvalue weighted by atomic mass is 9.82. The zero-order valence-electron chi connectivity index (χ0n) is 11.7. The molecule has 1 saturated carbocycles. The lowest BCUT2D eigenvalue weighted by Gasteiger charge is -2.26. The Balaban J connectivity index is 1.98. The fourth-order valence-electron chi connectivity index (χ4n) is 2.64. The summed E-state index contributed by atoms with van der Waals surface area (Å²) in [4.78, 5) is 13.0. The lowest BCUT2D eigenvalue weighted by Crippen LogP contribution is -2.28. The maximum absolute atomic E-state index is 11.3. The van der Waals surface area contributed by atoms with Gasteiger partial charge in [-0.25, -0.2) is 0 Å². The second-order valence-electron chi connectivity index (χ2n) is 5.73. The molecular formula is C14H28N2O. The highest BCUT2D eigenvalue weighted by molar-refractivity contribution is 5.75. The van der Waals surface area contributed by atoms with E-state index in [2.05, 4.69) is 12.2 Å². The number of hydrogen-bond donors (Lipinski definition) is 1. The zero-order valence-corrected chi connectivity index (χ0v) is 11.7. The lowest BCUT2D eigenvalue weighted by molar-refractivity contribution is -0.128. The molecule has 1 aliphatic carbocycles. The number of nitrogens with zero attached hydrogens (tertiary/aromatic N) is 1. The van der Waals surface area contributed by atoms with Crippen molar-refractivity contribution in [2.45, 2.75) is 45.4 Å². The van der Waals surface area contributed by atoms with Gasteiger partial charge in [0.05, 0.1) is 0 Å². The van der Waals surface area contributed by atoms with Gasteiger partial charge in [-0.05, 0) is 44.2 Å². The summed E-state index contributed by atoms with van der Waals surface area (Å²) in [5.41, 5.74) is 0. The van der Waals surface area contributed by atoms with Crippen molar-refractivity contribution in [1.29, 1.82) is 0 Å². The monoisotopic (exact) mass is 240 g/mol. The molecule has 0 spiro atoms. The summed E-state index contributed by atoms with van der Waals surface area (Å²) in [6.07, 6.45) is 7.19. The van der Waals surface area contributed by atoms with Crippen LogP contribution in [0.15, 0.2) is 0 Å². The minimum absolute atomic E-state index is 0.234. The van der Waals surface area contributed by atoms with Crippen LogP contribution in [0, 0.1) is 11.8 Å². The average Bonchev–Trinajstić information content (AvgIpc) is 2.28. The van der Waals surface area contributed by atoms with E-state index >= 15 is 0 Å². The maximum Gasteiger partial charge on any atom is 0.222 e. The molecule has 0 bridgehead atoms. The van der Waals surface area contributed by atoms with Gasteiger partial charge < -0.3 is 10.2 Å². The van der Waals surface area contributed by atoms with Crippen molar-refractivity contribution >= 4 is 5.91 Å². The van der Waals surface area contributed by atoms with Gasteiger partial charge in [0, 0.05) is 20.5 Å². The van der Waals surface area contributed by atoms with E-state index in [1.54, 1.807) is 4.90 Å². The Bertz CT molecular complexity index is 228. The normalized spacial score (nSPS) is 24.6. The van der Waals surface area contributed by atoms with Crippen LogP contribution >= 0.6 is 0 Å². The highest BCUT2D eigenvalue weighted by Gasteiger charge is 2.18. The number of carbonyl (C=O) groups excluding carboxylic acids is 1. The van der Waals surface area contributed by atoms with E-state index in [-0.39, 0.29) is 5.91 Å². The van der Waals surface area contributed by atoms with E-state index in [0.29, 0.717) is 6.42 Å². The van der Waals surface area contributed by atoms with Crippen LogP contribution in [0.2, 0.25) is 0 Å². The van der Waals surface area contributed by atoms with Crippen LogP contribution in [0.1, 0.15) is 45.4 Å². The van der Waals surface area contributed by atoms with Crippen LogP contribution in [0.5, 0.6) is 0 Å². The number of carbonyl (C=O) groups is 1. The van der Waals surface area contributed by atoms with Gasteiger partial charge in [-0.2, -0.15) is 0 Å². The van der Waals surface area contributed by atoms with E-state index < -0.39 is 0 Å². The Morgan fingerprint density at radius 1 is 1.35 bits per heavy atom. The predicted molar refractivity (Wildman–Crippen MR) is 71.9 cm³/mol. The van der Waals surface area contributed by atoms with Crippen molar-refractivity contribution in [3.05, 3.63) is 0 Å². The first-order chi connectivity index (χ1) is 8.09. The SMILES string of the molecule is CC1CCCC(CNCCCC(=O)N(C)C)C1. The molecule has 3 nitrogen and oxygen atoms in total. The quantitative estimate of drug-likeness (QED) is 0.722. The highest BCUT2D eigenvalue weighted by atomic mass is 16.2. The predicted octanol–water partition coefficient (Wildman–Crippen LogP) is 2.27. The van der Waals surface area contributed by atoms with Gasteiger partial charge in [-0.3, -0.25) is 4.79 Å². The molecule has 1 rings (SSSR count). The summed E-state index contributed by atoms with van der Waals surface area (Å²) in [5, 5.41) is 3.50. The Morgan fingerprint density at radius 3 is 2.76 bits per heavy atom. The molecule has 0 aromatic carbocycles. The Morgan fingerprint density at radius 2 is 2.12 bits per heavy atom. The van der Waals surface area contributed by atoms with Crippen molar-refractivity contribution in [2.24, 2.45) is 11.8 Å². The molecule has 1 N–H and O–H groups in total. The minimum Gasteiger partial charge on any atom is -0.349 e. The average molecular weight is 240 g/mol. The molecule has 0 aromatic heterocycles. The van der Waals surface area contributed by atoms with Gasteiger partial charge in [-0.15, -0.1) is 0 Å². The third-order valence-corrected chi connectivity index (χ3v) is 3.72. The van der Waals surface area contributed by atoms with Crippen molar-refractivity contribution in [3.8, 4) is 0 Å². The van der Waals surface area contributed by atoms with E-state index in [1.807, 2.05) is 14.1 Å². The van der Waals surface area contributed by atoms with Crippen molar-refractivity contribution in [1.82, 2.24) is 10.2 Å². The fourth-order valence-corrected chi connectivity index (χ4v) is 2.64. The van der Waals surface area contributed by atoms with Crippen molar-refractivity contribution in [2.75, 3.05) is 27.2 Å². The van der Waals surface area contributed by atoms with Gasteiger partial charge in [0.1, 0.15) is 0 Å². The van der Waals surface area contributed by atoms with Crippen LogP contribution in [0.25, 0.3) is 0 Å². The van der Waals surface area contributed by atoms with Gasteiger partial charge in [0.15, 0.2) is 0 Å². The van der Waals surface area contributed by atoms with Crippen molar-refractivity contribution in [3.63, 3.8) is 0 Å². The maximum atomic E-state index is 11.3. The topological polar surface area (TPSA) is 32.3 Å². The van der Waals surface area contributed by atoms with Gasteiger partial charge >= 0.3 is 0 Å². The summed E-state index contributed by atoms with van der Waals surface area (Å²) >= 11 is 0. The van der Waals surface area contributed by atoms with Crippen LogP contribution in [-0.4, -0.2) is 38.0 Å². The number of nitrogens with one attached hydrogen (secondary N) is 1. The van der Waals surface area contributed by atoms with Gasteiger partial charge in [0.2, 0.25) is 5.91 Å². The molecule has 100 valence electrons. The molecule has 17 heavy (non-hydrogen) atoms. The third-order valence-electron chi connectivity index (χ3n) is 3.72. The summed E-state index contributed by atoms with van der Waals surface area (Å²) in [5.74, 6) is 2.01. The summed E-state index contributed by atoms with van der Waals surface area (Å²) < 4.78 is 0. The molecule has 1 aliphatic rings. The summed E-state index contributed by atoms with van der Waals surface area (Å²) in [7, 11) is 3.64. The number of hydrogen-bond acceptors (Lipinski definition) is 2. The van der Waals surface area contributed by atoms with E-state index in [9.17, 15) is 4.79 Å². The minimum atomic E-state index is 0.234. The second-order valence-corrected chi connectivity index (χ2v) is 5.73. The largest absolute Gasteiger partial charge is 0.349 e. The molecule has 0 radical (unpaired) electrons. The Hall–Kier alpha value is -0.570. The summed E-state index contributed by atoms with van der Waals surface area (Å²) in [6.45, 7) is 4.48. The van der Waals surface area contributed by atoms with Gasteiger partial charge in [0.25, 0.3) is 0 Å². The van der Waals surface area contributed by atoms with Gasteiger partial charge in [-0.1, -0.05) is 19.8 Å².